The van der Waals surface area contributed by atoms with Crippen molar-refractivity contribution in [2.45, 2.75) is 0 Å². The molecule has 4 N–H and O–H groups in total. The van der Waals surface area contributed by atoms with Crippen LogP contribution in [0.15, 0.2) is 42.5 Å². The molecule has 0 aliphatic carbocycles. The predicted molar refractivity (Wildman–Crippen MR) is 73.5 cm³/mol. The van der Waals surface area contributed by atoms with E-state index in [1.54, 1.807) is 36.4 Å². The van der Waals surface area contributed by atoms with Gasteiger partial charge in [0, 0.05) is 17.3 Å². The highest BCUT2D eigenvalue weighted by molar-refractivity contribution is 6.05. The van der Waals surface area contributed by atoms with Gasteiger partial charge >= 0.3 is 0 Å². The van der Waals surface area contributed by atoms with E-state index in [2.05, 4.69) is 5.32 Å². The van der Waals surface area contributed by atoms with Crippen LogP contribution >= 0.6 is 0 Å². The van der Waals surface area contributed by atoms with Gasteiger partial charge in [-0.2, -0.15) is 0 Å². The Bertz CT molecular complexity index is 611. The first-order chi connectivity index (χ1) is 9.10. The molecule has 2 rings (SSSR count). The van der Waals surface area contributed by atoms with Crippen LogP contribution in [-0.4, -0.2) is 18.1 Å². The molecule has 0 aliphatic heterocycles. The van der Waals surface area contributed by atoms with E-state index in [0.717, 1.165) is 0 Å². The van der Waals surface area contributed by atoms with Gasteiger partial charge in [0.25, 0.3) is 5.91 Å². The molecule has 0 bridgehead atoms. The Hall–Kier alpha value is -2.69. The number of ether oxygens (including phenoxy) is 1. The molecule has 5 nitrogen and oxygen atoms in total. The van der Waals surface area contributed by atoms with Gasteiger partial charge < -0.3 is 20.9 Å². The maximum absolute atomic E-state index is 12.0. The summed E-state index contributed by atoms with van der Waals surface area (Å²) in [5.41, 5.74) is 6.82. The summed E-state index contributed by atoms with van der Waals surface area (Å²) in [6.07, 6.45) is 0. The molecule has 0 aliphatic rings. The van der Waals surface area contributed by atoms with Crippen molar-refractivity contribution < 1.29 is 14.6 Å². The quantitative estimate of drug-likeness (QED) is 0.582. The SMILES string of the molecule is COc1ccc(O)c(NC(=O)c2cccc(N)c2)c1. The third-order valence-corrected chi connectivity index (χ3v) is 2.60. The lowest BCUT2D eigenvalue weighted by Gasteiger charge is -2.09. The Morgan fingerprint density at radius 1 is 1.26 bits per heavy atom. The number of aromatic hydroxyl groups is 1. The maximum Gasteiger partial charge on any atom is 0.255 e. The first kappa shape index (κ1) is 12.8. The molecule has 0 saturated heterocycles. The Morgan fingerprint density at radius 3 is 2.74 bits per heavy atom. The van der Waals surface area contributed by atoms with Gasteiger partial charge in [0.1, 0.15) is 11.5 Å². The zero-order valence-corrected chi connectivity index (χ0v) is 10.4. The maximum atomic E-state index is 12.0. The van der Waals surface area contributed by atoms with E-state index in [1.165, 1.54) is 13.2 Å². The fourth-order valence-corrected chi connectivity index (χ4v) is 1.62. The third-order valence-electron chi connectivity index (χ3n) is 2.60. The van der Waals surface area contributed by atoms with Crippen molar-refractivity contribution in [3.05, 3.63) is 48.0 Å². The molecule has 98 valence electrons. The number of phenolic OH excluding ortho intramolecular Hbond substituents is 1. The van der Waals surface area contributed by atoms with E-state index in [4.69, 9.17) is 10.5 Å². The summed E-state index contributed by atoms with van der Waals surface area (Å²) in [7, 11) is 1.51. The molecule has 0 fully saturated rings. The molecule has 0 aromatic heterocycles. The van der Waals surface area contributed by atoms with Crippen LogP contribution in [0.2, 0.25) is 0 Å². The first-order valence-electron chi connectivity index (χ1n) is 5.64. The van der Waals surface area contributed by atoms with E-state index in [-0.39, 0.29) is 17.3 Å². The summed E-state index contributed by atoms with van der Waals surface area (Å²) in [6.45, 7) is 0. The number of anilines is 2. The Labute approximate surface area is 110 Å². The molecular formula is C14H14N2O3. The van der Waals surface area contributed by atoms with Gasteiger partial charge in [0.2, 0.25) is 0 Å². The number of phenols is 1. The number of nitrogens with two attached hydrogens (primary N) is 1. The lowest BCUT2D eigenvalue weighted by molar-refractivity contribution is 0.102. The number of rotatable bonds is 3. The van der Waals surface area contributed by atoms with Gasteiger partial charge in [-0.25, -0.2) is 0 Å². The number of nitrogens with one attached hydrogen (secondary N) is 1. The first-order valence-corrected chi connectivity index (χ1v) is 5.64. The van der Waals surface area contributed by atoms with Crippen LogP contribution in [0.25, 0.3) is 0 Å². The molecule has 2 aromatic carbocycles. The minimum atomic E-state index is -0.351. The van der Waals surface area contributed by atoms with Crippen molar-refractivity contribution in [1.82, 2.24) is 0 Å². The predicted octanol–water partition coefficient (Wildman–Crippen LogP) is 2.24. The molecule has 0 saturated carbocycles. The van der Waals surface area contributed by atoms with Gasteiger partial charge in [0.05, 0.1) is 12.8 Å². The number of hydrogen-bond donors (Lipinski definition) is 3. The highest BCUT2D eigenvalue weighted by Gasteiger charge is 2.10. The monoisotopic (exact) mass is 258 g/mol. The lowest BCUT2D eigenvalue weighted by atomic mass is 10.2. The largest absolute Gasteiger partial charge is 0.506 e. The number of methoxy groups -OCH3 is 1. The van der Waals surface area contributed by atoms with Crippen LogP contribution in [0.4, 0.5) is 11.4 Å². The number of benzene rings is 2. The lowest BCUT2D eigenvalue weighted by Crippen LogP contribution is -2.12. The molecule has 0 unspecified atom stereocenters. The van der Waals surface area contributed by atoms with Crippen molar-refractivity contribution in [3.8, 4) is 11.5 Å². The minimum Gasteiger partial charge on any atom is -0.506 e. The van der Waals surface area contributed by atoms with Crippen molar-refractivity contribution >= 4 is 17.3 Å². The fraction of sp³-hybridized carbons (Fsp3) is 0.0714. The molecule has 0 spiro atoms. The molecule has 0 radical (unpaired) electrons. The van der Waals surface area contributed by atoms with Gasteiger partial charge in [-0.1, -0.05) is 6.07 Å². The highest BCUT2D eigenvalue weighted by Crippen LogP contribution is 2.28. The van der Waals surface area contributed by atoms with E-state index >= 15 is 0 Å². The Kier molecular flexibility index (Phi) is 3.56. The van der Waals surface area contributed by atoms with Crippen LogP contribution in [0, 0.1) is 0 Å². The number of hydrogen-bond acceptors (Lipinski definition) is 4. The van der Waals surface area contributed by atoms with Crippen molar-refractivity contribution in [1.29, 1.82) is 0 Å². The van der Waals surface area contributed by atoms with Crippen molar-refractivity contribution in [2.24, 2.45) is 0 Å². The molecule has 0 heterocycles. The average molecular weight is 258 g/mol. The molecule has 1 amide bonds. The molecule has 2 aromatic rings. The fourth-order valence-electron chi connectivity index (χ4n) is 1.62. The number of carbonyl (C=O) groups is 1. The molecular weight excluding hydrogens is 244 g/mol. The average Bonchev–Trinajstić information content (AvgIpc) is 2.41. The van der Waals surface area contributed by atoms with Gasteiger partial charge in [-0.3, -0.25) is 4.79 Å². The van der Waals surface area contributed by atoms with Crippen LogP contribution in [0.5, 0.6) is 11.5 Å². The topological polar surface area (TPSA) is 84.6 Å². The standard InChI is InChI=1S/C14H14N2O3/c1-19-11-5-6-13(17)12(8-11)16-14(18)9-3-2-4-10(15)7-9/h2-8,17H,15H2,1H3,(H,16,18). The smallest absolute Gasteiger partial charge is 0.255 e. The van der Waals surface area contributed by atoms with Gasteiger partial charge in [-0.15, -0.1) is 0 Å². The van der Waals surface area contributed by atoms with E-state index < -0.39 is 0 Å². The molecule has 19 heavy (non-hydrogen) atoms. The molecule has 0 atom stereocenters. The van der Waals surface area contributed by atoms with Crippen LogP contribution in [0.3, 0.4) is 0 Å². The second-order valence-electron chi connectivity index (χ2n) is 3.96. The molecule has 5 heteroatoms. The van der Waals surface area contributed by atoms with Gasteiger partial charge in [-0.05, 0) is 30.3 Å². The Morgan fingerprint density at radius 2 is 2.05 bits per heavy atom. The van der Waals surface area contributed by atoms with E-state index in [9.17, 15) is 9.90 Å². The zero-order valence-electron chi connectivity index (χ0n) is 10.4. The Balaban J connectivity index is 2.23. The summed E-state index contributed by atoms with van der Waals surface area (Å²) < 4.78 is 5.03. The number of nitrogen functional groups attached to an aromatic ring is 1. The second-order valence-corrected chi connectivity index (χ2v) is 3.96. The number of carbonyl (C=O) groups excluding carboxylic acids is 1. The third kappa shape index (κ3) is 2.95. The van der Waals surface area contributed by atoms with Crippen molar-refractivity contribution in [3.63, 3.8) is 0 Å². The normalized spacial score (nSPS) is 9.95. The van der Waals surface area contributed by atoms with Crippen LogP contribution in [0.1, 0.15) is 10.4 Å². The summed E-state index contributed by atoms with van der Waals surface area (Å²) in [5, 5.41) is 12.3. The summed E-state index contributed by atoms with van der Waals surface area (Å²) in [4.78, 5) is 12.0. The number of amides is 1. The second kappa shape index (κ2) is 5.30. The zero-order chi connectivity index (χ0) is 13.8. The summed E-state index contributed by atoms with van der Waals surface area (Å²) in [6, 6.07) is 11.2. The minimum absolute atomic E-state index is 0.0296. The highest BCUT2D eigenvalue weighted by atomic mass is 16.5. The summed E-state index contributed by atoms with van der Waals surface area (Å²) >= 11 is 0. The van der Waals surface area contributed by atoms with Gasteiger partial charge in [0.15, 0.2) is 0 Å². The van der Waals surface area contributed by atoms with Crippen LogP contribution < -0.4 is 15.8 Å². The van der Waals surface area contributed by atoms with Crippen molar-refractivity contribution in [2.75, 3.05) is 18.2 Å². The summed E-state index contributed by atoms with van der Waals surface area (Å²) in [5.74, 6) is 0.162. The van der Waals surface area contributed by atoms with E-state index in [0.29, 0.717) is 17.0 Å². The van der Waals surface area contributed by atoms with E-state index in [1.807, 2.05) is 0 Å². The van der Waals surface area contributed by atoms with Crippen LogP contribution in [-0.2, 0) is 0 Å².